The Morgan fingerprint density at radius 1 is 1.29 bits per heavy atom. The van der Waals surface area contributed by atoms with Crippen LogP contribution in [0.5, 0.6) is 0 Å². The molecule has 3 rings (SSSR count). The van der Waals surface area contributed by atoms with Gasteiger partial charge in [-0.15, -0.1) is 0 Å². The molecule has 0 amide bonds. The molecule has 21 heavy (non-hydrogen) atoms. The van der Waals surface area contributed by atoms with Crippen LogP contribution < -0.4 is 5.32 Å². The van der Waals surface area contributed by atoms with Crippen molar-refractivity contribution in [2.75, 3.05) is 6.54 Å². The van der Waals surface area contributed by atoms with Crippen molar-refractivity contribution >= 4 is 22.6 Å². The Bertz CT molecular complexity index is 586. The van der Waals surface area contributed by atoms with E-state index in [1.165, 1.54) is 38.5 Å². The van der Waals surface area contributed by atoms with E-state index in [1.54, 1.807) is 0 Å². The first-order valence-electron chi connectivity index (χ1n) is 8.19. The fraction of sp³-hybridized carbons (Fsp3) is 0.556. The Morgan fingerprint density at radius 2 is 2.10 bits per heavy atom. The minimum atomic E-state index is 0.307. The SMILES string of the molecule is CCNC(CC1CCCCC1)c1cc2cccc(Cl)c2o1. The number of hydrogen-bond donors (Lipinski definition) is 1. The Morgan fingerprint density at radius 3 is 2.81 bits per heavy atom. The van der Waals surface area contributed by atoms with Crippen LogP contribution in [0.25, 0.3) is 11.0 Å². The molecule has 0 saturated heterocycles. The summed E-state index contributed by atoms with van der Waals surface area (Å²) in [6.07, 6.45) is 8.07. The van der Waals surface area contributed by atoms with Crippen molar-refractivity contribution < 1.29 is 4.42 Å². The maximum Gasteiger partial charge on any atom is 0.152 e. The van der Waals surface area contributed by atoms with Crippen molar-refractivity contribution in [2.24, 2.45) is 5.92 Å². The standard InChI is InChI=1S/C18H24ClNO/c1-2-20-16(11-13-7-4-3-5-8-13)17-12-14-9-6-10-15(19)18(14)21-17/h6,9-10,12-13,16,20H,2-5,7-8,11H2,1H3. The molecule has 114 valence electrons. The normalized spacial score (nSPS) is 18.2. The molecular weight excluding hydrogens is 282 g/mol. The van der Waals surface area contributed by atoms with Crippen molar-refractivity contribution in [3.05, 3.63) is 35.0 Å². The van der Waals surface area contributed by atoms with Gasteiger partial charge in [0, 0.05) is 5.39 Å². The van der Waals surface area contributed by atoms with E-state index in [0.29, 0.717) is 11.1 Å². The van der Waals surface area contributed by atoms with E-state index < -0.39 is 0 Å². The first-order chi connectivity index (χ1) is 10.3. The highest BCUT2D eigenvalue weighted by atomic mass is 35.5. The Balaban J connectivity index is 1.82. The highest BCUT2D eigenvalue weighted by molar-refractivity contribution is 6.34. The summed E-state index contributed by atoms with van der Waals surface area (Å²) in [6.45, 7) is 3.12. The Labute approximate surface area is 131 Å². The summed E-state index contributed by atoms with van der Waals surface area (Å²) in [5.41, 5.74) is 0.820. The smallest absolute Gasteiger partial charge is 0.152 e. The van der Waals surface area contributed by atoms with Gasteiger partial charge in [0.2, 0.25) is 0 Å². The average Bonchev–Trinajstić information content (AvgIpc) is 2.93. The molecule has 1 unspecified atom stereocenters. The van der Waals surface area contributed by atoms with Gasteiger partial charge in [-0.05, 0) is 31.0 Å². The first-order valence-corrected chi connectivity index (χ1v) is 8.57. The van der Waals surface area contributed by atoms with Crippen molar-refractivity contribution in [1.82, 2.24) is 5.32 Å². The van der Waals surface area contributed by atoms with Crippen LogP contribution in [0.1, 0.15) is 57.3 Å². The first kappa shape index (κ1) is 14.9. The number of fused-ring (bicyclic) bond motifs is 1. The number of hydrogen-bond acceptors (Lipinski definition) is 2. The fourth-order valence-corrected chi connectivity index (χ4v) is 3.74. The van der Waals surface area contributed by atoms with Gasteiger partial charge >= 0.3 is 0 Å². The summed E-state index contributed by atoms with van der Waals surface area (Å²) >= 11 is 6.23. The number of rotatable bonds is 5. The summed E-state index contributed by atoms with van der Waals surface area (Å²) in [4.78, 5) is 0. The maximum absolute atomic E-state index is 6.23. The topological polar surface area (TPSA) is 25.2 Å². The molecule has 1 aliphatic carbocycles. The monoisotopic (exact) mass is 305 g/mol. The molecular formula is C18H24ClNO. The van der Waals surface area contributed by atoms with Gasteiger partial charge in [0.1, 0.15) is 5.76 Å². The number of halogens is 1. The lowest BCUT2D eigenvalue weighted by molar-refractivity contribution is 0.285. The van der Waals surface area contributed by atoms with Crippen molar-refractivity contribution in [2.45, 2.75) is 51.5 Å². The largest absolute Gasteiger partial charge is 0.458 e. The van der Waals surface area contributed by atoms with Gasteiger partial charge in [0.15, 0.2) is 5.58 Å². The third-order valence-corrected chi connectivity index (χ3v) is 4.90. The maximum atomic E-state index is 6.23. The van der Waals surface area contributed by atoms with E-state index in [0.717, 1.165) is 29.2 Å². The molecule has 1 fully saturated rings. The number of benzene rings is 1. The second kappa shape index (κ2) is 6.85. The van der Waals surface area contributed by atoms with Crippen LogP contribution >= 0.6 is 11.6 Å². The molecule has 0 spiro atoms. The average molecular weight is 306 g/mol. The summed E-state index contributed by atoms with van der Waals surface area (Å²) in [7, 11) is 0. The molecule has 2 aromatic rings. The third kappa shape index (κ3) is 3.44. The zero-order chi connectivity index (χ0) is 14.7. The van der Waals surface area contributed by atoms with Crippen molar-refractivity contribution in [1.29, 1.82) is 0 Å². The van der Waals surface area contributed by atoms with Gasteiger partial charge in [-0.25, -0.2) is 0 Å². The Kier molecular flexibility index (Phi) is 4.87. The fourth-order valence-electron chi connectivity index (χ4n) is 3.52. The number of nitrogens with one attached hydrogen (secondary N) is 1. The lowest BCUT2D eigenvalue weighted by Crippen LogP contribution is -2.24. The second-order valence-corrected chi connectivity index (χ2v) is 6.56. The number of furan rings is 1. The predicted octanol–water partition coefficient (Wildman–Crippen LogP) is 5.71. The summed E-state index contributed by atoms with van der Waals surface area (Å²) < 4.78 is 6.06. The van der Waals surface area contributed by atoms with E-state index in [2.05, 4.69) is 24.4 Å². The van der Waals surface area contributed by atoms with E-state index in [9.17, 15) is 0 Å². The molecule has 1 N–H and O–H groups in total. The van der Waals surface area contributed by atoms with E-state index in [4.69, 9.17) is 16.0 Å². The molecule has 1 aliphatic rings. The van der Waals surface area contributed by atoms with Gasteiger partial charge in [-0.2, -0.15) is 0 Å². The highest BCUT2D eigenvalue weighted by Gasteiger charge is 2.22. The zero-order valence-electron chi connectivity index (χ0n) is 12.7. The predicted molar refractivity (Wildman–Crippen MR) is 88.8 cm³/mol. The van der Waals surface area contributed by atoms with Crippen LogP contribution in [0.3, 0.4) is 0 Å². The van der Waals surface area contributed by atoms with Crippen LogP contribution in [-0.4, -0.2) is 6.54 Å². The molecule has 3 heteroatoms. The summed E-state index contributed by atoms with van der Waals surface area (Å²) in [5.74, 6) is 1.86. The van der Waals surface area contributed by atoms with Crippen LogP contribution in [0.4, 0.5) is 0 Å². The van der Waals surface area contributed by atoms with Crippen LogP contribution in [0.2, 0.25) is 5.02 Å². The molecule has 1 aromatic carbocycles. The van der Waals surface area contributed by atoms with E-state index in [1.807, 2.05) is 12.1 Å². The molecule has 0 bridgehead atoms. The highest BCUT2D eigenvalue weighted by Crippen LogP contribution is 2.35. The quantitative estimate of drug-likeness (QED) is 0.765. The minimum Gasteiger partial charge on any atom is -0.458 e. The van der Waals surface area contributed by atoms with Crippen LogP contribution in [0, 0.1) is 5.92 Å². The van der Waals surface area contributed by atoms with Crippen molar-refractivity contribution in [3.63, 3.8) is 0 Å². The van der Waals surface area contributed by atoms with Crippen molar-refractivity contribution in [3.8, 4) is 0 Å². The van der Waals surface area contributed by atoms with Crippen LogP contribution in [-0.2, 0) is 0 Å². The Hall–Kier alpha value is -0.990. The zero-order valence-corrected chi connectivity index (χ0v) is 13.5. The van der Waals surface area contributed by atoms with E-state index >= 15 is 0 Å². The molecule has 0 aliphatic heterocycles. The molecule has 1 aromatic heterocycles. The second-order valence-electron chi connectivity index (χ2n) is 6.16. The third-order valence-electron chi connectivity index (χ3n) is 4.60. The minimum absolute atomic E-state index is 0.307. The summed E-state index contributed by atoms with van der Waals surface area (Å²) in [5, 5.41) is 5.39. The molecule has 2 nitrogen and oxygen atoms in total. The number of para-hydroxylation sites is 1. The van der Waals surface area contributed by atoms with Gasteiger partial charge in [-0.1, -0.05) is 62.8 Å². The van der Waals surface area contributed by atoms with E-state index in [-0.39, 0.29) is 0 Å². The van der Waals surface area contributed by atoms with Gasteiger partial charge in [0.05, 0.1) is 11.1 Å². The van der Waals surface area contributed by atoms with Gasteiger partial charge in [0.25, 0.3) is 0 Å². The summed E-state index contributed by atoms with van der Waals surface area (Å²) in [6, 6.07) is 8.39. The lowest BCUT2D eigenvalue weighted by atomic mass is 9.84. The lowest BCUT2D eigenvalue weighted by Gasteiger charge is -2.26. The molecule has 1 atom stereocenters. The van der Waals surface area contributed by atoms with Crippen LogP contribution in [0.15, 0.2) is 28.7 Å². The molecule has 0 radical (unpaired) electrons. The molecule has 1 heterocycles. The van der Waals surface area contributed by atoms with Gasteiger partial charge in [-0.3, -0.25) is 0 Å². The van der Waals surface area contributed by atoms with Gasteiger partial charge < -0.3 is 9.73 Å². The molecule has 1 saturated carbocycles.